The molecule has 5 heteroatoms. The van der Waals surface area contributed by atoms with E-state index < -0.39 is 0 Å². The summed E-state index contributed by atoms with van der Waals surface area (Å²) < 4.78 is 5.46. The summed E-state index contributed by atoms with van der Waals surface area (Å²) in [4.78, 5) is 16.8. The van der Waals surface area contributed by atoms with Gasteiger partial charge < -0.3 is 15.4 Å². The molecule has 5 nitrogen and oxygen atoms in total. The zero-order valence-corrected chi connectivity index (χ0v) is 13.0. The Morgan fingerprint density at radius 1 is 1.17 bits per heavy atom. The van der Waals surface area contributed by atoms with Gasteiger partial charge in [-0.3, -0.25) is 4.98 Å². The van der Waals surface area contributed by atoms with Gasteiger partial charge in [0.15, 0.2) is 0 Å². The number of aromatic nitrogens is 1. The summed E-state index contributed by atoms with van der Waals surface area (Å²) in [5.74, 6) is 0. The number of nitrogens with one attached hydrogen (secondary N) is 2. The SMILES string of the molecule is O=C(Nc1cccc2cccnc12)NC1CCC12CCOCC2. The molecule has 0 radical (unpaired) electrons. The number of carbonyl (C=O) groups excluding carboxylic acids is 1. The molecule has 1 unspecified atom stereocenters. The molecular weight excluding hydrogens is 290 g/mol. The Hall–Kier alpha value is -2.14. The van der Waals surface area contributed by atoms with Gasteiger partial charge in [-0.25, -0.2) is 4.79 Å². The molecule has 23 heavy (non-hydrogen) atoms. The maximum Gasteiger partial charge on any atom is 0.319 e. The molecule has 1 saturated heterocycles. The van der Waals surface area contributed by atoms with Crippen molar-refractivity contribution < 1.29 is 9.53 Å². The minimum atomic E-state index is -0.140. The molecule has 1 spiro atoms. The molecule has 2 N–H and O–H groups in total. The number of anilines is 1. The summed E-state index contributed by atoms with van der Waals surface area (Å²) in [6.07, 6.45) is 6.09. The van der Waals surface area contributed by atoms with Crippen LogP contribution in [0.2, 0.25) is 0 Å². The lowest BCUT2D eigenvalue weighted by Gasteiger charge is -2.51. The first-order chi connectivity index (χ1) is 11.3. The Morgan fingerprint density at radius 2 is 2.00 bits per heavy atom. The van der Waals surface area contributed by atoms with Gasteiger partial charge in [-0.2, -0.15) is 0 Å². The molecule has 1 aromatic carbocycles. The van der Waals surface area contributed by atoms with Crippen LogP contribution in [0.3, 0.4) is 0 Å². The van der Waals surface area contributed by atoms with Crippen LogP contribution in [0.15, 0.2) is 36.5 Å². The Bertz CT molecular complexity index is 720. The first-order valence-electron chi connectivity index (χ1n) is 8.26. The van der Waals surface area contributed by atoms with Crippen molar-refractivity contribution in [2.75, 3.05) is 18.5 Å². The molecule has 1 aromatic heterocycles. The fraction of sp³-hybridized carbons (Fsp3) is 0.444. The number of amides is 2. The molecule has 1 aliphatic carbocycles. The van der Waals surface area contributed by atoms with Gasteiger partial charge in [0.05, 0.1) is 11.2 Å². The highest BCUT2D eigenvalue weighted by atomic mass is 16.5. The third-order valence-corrected chi connectivity index (χ3v) is 5.34. The van der Waals surface area contributed by atoms with Crippen molar-refractivity contribution in [2.24, 2.45) is 5.41 Å². The number of para-hydroxylation sites is 1. The van der Waals surface area contributed by atoms with E-state index in [-0.39, 0.29) is 17.5 Å². The average molecular weight is 311 g/mol. The Balaban J connectivity index is 1.46. The third kappa shape index (κ3) is 2.65. The molecular formula is C18H21N3O2. The van der Waals surface area contributed by atoms with Crippen LogP contribution in [0.4, 0.5) is 10.5 Å². The van der Waals surface area contributed by atoms with Gasteiger partial charge in [-0.1, -0.05) is 18.2 Å². The number of nitrogens with zero attached hydrogens (tertiary/aromatic N) is 1. The number of benzene rings is 1. The van der Waals surface area contributed by atoms with Gasteiger partial charge in [0.25, 0.3) is 0 Å². The van der Waals surface area contributed by atoms with Crippen molar-refractivity contribution in [3.05, 3.63) is 36.5 Å². The topological polar surface area (TPSA) is 63.2 Å². The second kappa shape index (κ2) is 5.81. The predicted octanol–water partition coefficient (Wildman–Crippen LogP) is 3.32. The third-order valence-electron chi connectivity index (χ3n) is 5.34. The maximum absolute atomic E-state index is 12.4. The van der Waals surface area contributed by atoms with Crippen LogP contribution in [0.25, 0.3) is 10.9 Å². The van der Waals surface area contributed by atoms with Crippen LogP contribution in [0, 0.1) is 5.41 Å². The van der Waals surface area contributed by atoms with Crippen LogP contribution in [0.5, 0.6) is 0 Å². The Morgan fingerprint density at radius 3 is 2.78 bits per heavy atom. The van der Waals surface area contributed by atoms with Crippen molar-refractivity contribution >= 4 is 22.6 Å². The monoisotopic (exact) mass is 311 g/mol. The van der Waals surface area contributed by atoms with Crippen molar-refractivity contribution in [1.29, 1.82) is 0 Å². The fourth-order valence-corrected chi connectivity index (χ4v) is 3.82. The summed E-state index contributed by atoms with van der Waals surface area (Å²) in [5, 5.41) is 7.14. The molecule has 1 saturated carbocycles. The fourth-order valence-electron chi connectivity index (χ4n) is 3.82. The summed E-state index contributed by atoms with van der Waals surface area (Å²) in [6, 6.07) is 9.83. The number of carbonyl (C=O) groups is 1. The number of ether oxygens (including phenoxy) is 1. The molecule has 120 valence electrons. The summed E-state index contributed by atoms with van der Waals surface area (Å²) in [7, 11) is 0. The number of fused-ring (bicyclic) bond motifs is 1. The number of rotatable bonds is 2. The van der Waals surface area contributed by atoms with E-state index in [1.54, 1.807) is 6.20 Å². The van der Waals surface area contributed by atoms with Crippen LogP contribution in [0.1, 0.15) is 25.7 Å². The van der Waals surface area contributed by atoms with E-state index in [2.05, 4.69) is 15.6 Å². The Labute approximate surface area is 135 Å². The summed E-state index contributed by atoms with van der Waals surface area (Å²) in [5.41, 5.74) is 1.83. The van der Waals surface area contributed by atoms with Gasteiger partial charge in [0.1, 0.15) is 0 Å². The zero-order valence-electron chi connectivity index (χ0n) is 13.0. The van der Waals surface area contributed by atoms with Crippen LogP contribution < -0.4 is 10.6 Å². The van der Waals surface area contributed by atoms with E-state index in [1.165, 1.54) is 6.42 Å². The van der Waals surface area contributed by atoms with E-state index in [0.717, 1.165) is 49.1 Å². The maximum atomic E-state index is 12.4. The second-order valence-electron chi connectivity index (χ2n) is 6.55. The van der Waals surface area contributed by atoms with Gasteiger partial charge in [-0.15, -0.1) is 0 Å². The molecule has 2 aliphatic rings. The van der Waals surface area contributed by atoms with Crippen molar-refractivity contribution in [1.82, 2.24) is 10.3 Å². The quantitative estimate of drug-likeness (QED) is 0.894. The van der Waals surface area contributed by atoms with E-state index in [0.29, 0.717) is 0 Å². The lowest BCUT2D eigenvalue weighted by Crippen LogP contribution is -2.57. The van der Waals surface area contributed by atoms with E-state index in [4.69, 9.17) is 4.74 Å². The normalized spacial score (nSPS) is 22.5. The molecule has 2 heterocycles. The molecule has 4 rings (SSSR count). The van der Waals surface area contributed by atoms with Gasteiger partial charge in [-0.05, 0) is 43.2 Å². The zero-order chi connectivity index (χ0) is 15.7. The van der Waals surface area contributed by atoms with E-state index >= 15 is 0 Å². The van der Waals surface area contributed by atoms with Crippen LogP contribution in [-0.2, 0) is 4.74 Å². The lowest BCUT2D eigenvalue weighted by molar-refractivity contribution is -0.0507. The lowest BCUT2D eigenvalue weighted by atomic mass is 9.60. The highest BCUT2D eigenvalue weighted by Gasteiger charge is 2.47. The van der Waals surface area contributed by atoms with Gasteiger partial charge in [0, 0.05) is 30.8 Å². The Kier molecular flexibility index (Phi) is 3.65. The standard InChI is InChI=1S/C18H21N3O2/c22-17(21-15-6-7-18(15)8-11-23-12-9-18)20-14-5-1-3-13-4-2-10-19-16(13)14/h1-5,10,15H,6-9,11-12H2,(H2,20,21,22). The average Bonchev–Trinajstić information content (AvgIpc) is 2.60. The van der Waals surface area contributed by atoms with Crippen molar-refractivity contribution in [3.8, 4) is 0 Å². The van der Waals surface area contributed by atoms with E-state index in [9.17, 15) is 4.79 Å². The number of pyridine rings is 1. The van der Waals surface area contributed by atoms with Crippen LogP contribution in [-0.4, -0.2) is 30.3 Å². The molecule has 2 amide bonds. The predicted molar refractivity (Wildman–Crippen MR) is 89.4 cm³/mol. The largest absolute Gasteiger partial charge is 0.381 e. The first kappa shape index (κ1) is 14.5. The van der Waals surface area contributed by atoms with Gasteiger partial charge in [0.2, 0.25) is 0 Å². The first-order valence-corrected chi connectivity index (χ1v) is 8.26. The minimum absolute atomic E-state index is 0.140. The summed E-state index contributed by atoms with van der Waals surface area (Å²) in [6.45, 7) is 1.63. The highest BCUT2D eigenvalue weighted by Crippen LogP contribution is 2.48. The highest BCUT2D eigenvalue weighted by molar-refractivity contribution is 5.99. The van der Waals surface area contributed by atoms with Crippen molar-refractivity contribution in [2.45, 2.75) is 31.7 Å². The molecule has 2 aromatic rings. The van der Waals surface area contributed by atoms with Gasteiger partial charge >= 0.3 is 6.03 Å². The minimum Gasteiger partial charge on any atom is -0.381 e. The van der Waals surface area contributed by atoms with Crippen LogP contribution >= 0.6 is 0 Å². The number of hydrogen-bond acceptors (Lipinski definition) is 3. The molecule has 2 fully saturated rings. The van der Waals surface area contributed by atoms with E-state index in [1.807, 2.05) is 30.3 Å². The molecule has 0 bridgehead atoms. The number of hydrogen-bond donors (Lipinski definition) is 2. The molecule has 1 aliphatic heterocycles. The second-order valence-corrected chi connectivity index (χ2v) is 6.55. The summed E-state index contributed by atoms with van der Waals surface area (Å²) >= 11 is 0. The van der Waals surface area contributed by atoms with Crippen molar-refractivity contribution in [3.63, 3.8) is 0 Å². The molecule has 1 atom stereocenters. The number of urea groups is 1. The smallest absolute Gasteiger partial charge is 0.319 e.